The maximum absolute atomic E-state index is 6.01. The van der Waals surface area contributed by atoms with Crippen molar-refractivity contribution in [3.63, 3.8) is 0 Å². The van der Waals surface area contributed by atoms with Gasteiger partial charge in [-0.2, -0.15) is 0 Å². The monoisotopic (exact) mass is 403 g/mol. The van der Waals surface area contributed by atoms with Crippen LogP contribution in [0.2, 0.25) is 0 Å². The van der Waals surface area contributed by atoms with Gasteiger partial charge < -0.3 is 14.8 Å². The molecule has 0 radical (unpaired) electrons. The second-order valence-electron chi connectivity index (χ2n) is 6.79. The minimum atomic E-state index is 0.387. The number of para-hydroxylation sites is 2. The highest BCUT2D eigenvalue weighted by Gasteiger charge is 2.19. The van der Waals surface area contributed by atoms with Crippen LogP contribution in [0.5, 0.6) is 11.5 Å². The number of ether oxygens (including phenoxy) is 2. The Morgan fingerprint density at radius 3 is 2.89 bits per heavy atom. The molecule has 3 nitrogen and oxygen atoms in total. The van der Waals surface area contributed by atoms with Crippen molar-refractivity contribution in [1.29, 1.82) is 0 Å². The Labute approximate surface area is 171 Å². The first-order chi connectivity index (χ1) is 13.3. The van der Waals surface area contributed by atoms with E-state index in [-0.39, 0.29) is 0 Å². The number of fused-ring (bicyclic) bond motifs is 1. The molecule has 27 heavy (non-hydrogen) atoms. The Bertz CT molecular complexity index is 683. The minimum absolute atomic E-state index is 0.387. The van der Waals surface area contributed by atoms with E-state index in [2.05, 4.69) is 42.6 Å². The molecule has 2 aromatic carbocycles. The molecular formula is C22H29NO2S2. The Kier molecular flexibility index (Phi) is 8.24. The molecule has 0 aromatic heterocycles. The molecular weight excluding hydrogens is 374 g/mol. The smallest absolute Gasteiger partial charge is 0.132 e. The second kappa shape index (κ2) is 10.9. The van der Waals surface area contributed by atoms with Crippen molar-refractivity contribution in [3.05, 3.63) is 48.5 Å². The molecule has 2 atom stereocenters. The number of methoxy groups -OCH3 is 1. The van der Waals surface area contributed by atoms with E-state index in [0.717, 1.165) is 36.2 Å². The lowest BCUT2D eigenvalue weighted by atomic mass is 10.1. The molecule has 2 aromatic rings. The molecule has 3 rings (SSSR count). The summed E-state index contributed by atoms with van der Waals surface area (Å²) in [4.78, 5) is 2.48. The van der Waals surface area contributed by atoms with Crippen LogP contribution in [0.3, 0.4) is 0 Å². The van der Waals surface area contributed by atoms with Crippen molar-refractivity contribution in [3.8, 4) is 11.5 Å². The molecule has 0 bridgehead atoms. The van der Waals surface area contributed by atoms with Gasteiger partial charge in [0, 0.05) is 21.3 Å². The third-order valence-corrected chi connectivity index (χ3v) is 7.17. The molecule has 2 unspecified atom stereocenters. The summed E-state index contributed by atoms with van der Waals surface area (Å²) in [6, 6.07) is 17.0. The molecule has 1 aliphatic rings. The van der Waals surface area contributed by atoms with Crippen LogP contribution in [0.4, 0.5) is 0 Å². The zero-order valence-electron chi connectivity index (χ0n) is 16.1. The lowest BCUT2D eigenvalue weighted by Crippen LogP contribution is -2.39. The molecule has 0 amide bonds. The fourth-order valence-corrected chi connectivity index (χ4v) is 5.37. The highest BCUT2D eigenvalue weighted by atomic mass is 32.2. The van der Waals surface area contributed by atoms with Crippen LogP contribution in [-0.4, -0.2) is 37.8 Å². The molecule has 5 heteroatoms. The summed E-state index contributed by atoms with van der Waals surface area (Å²) in [6.45, 7) is 4.03. The number of rotatable bonds is 9. The molecule has 0 saturated heterocycles. The maximum Gasteiger partial charge on any atom is 0.132 e. The summed E-state index contributed by atoms with van der Waals surface area (Å²) < 4.78 is 11.5. The predicted octanol–water partition coefficient (Wildman–Crippen LogP) is 5.35. The van der Waals surface area contributed by atoms with Gasteiger partial charge in [0.25, 0.3) is 0 Å². The number of hydrogen-bond donors (Lipinski definition) is 1. The van der Waals surface area contributed by atoms with Crippen LogP contribution in [0.15, 0.2) is 58.3 Å². The topological polar surface area (TPSA) is 30.5 Å². The Morgan fingerprint density at radius 2 is 2.04 bits per heavy atom. The maximum atomic E-state index is 6.01. The summed E-state index contributed by atoms with van der Waals surface area (Å²) in [5, 5.41) is 3.76. The first kappa shape index (κ1) is 20.4. The largest absolute Gasteiger partial charge is 0.496 e. The van der Waals surface area contributed by atoms with Crippen molar-refractivity contribution in [2.45, 2.75) is 35.6 Å². The lowest BCUT2D eigenvalue weighted by Gasteiger charge is -2.21. The van der Waals surface area contributed by atoms with Gasteiger partial charge >= 0.3 is 0 Å². The van der Waals surface area contributed by atoms with E-state index < -0.39 is 0 Å². The third-order valence-electron chi connectivity index (χ3n) is 4.66. The van der Waals surface area contributed by atoms with Gasteiger partial charge in [-0.1, -0.05) is 37.6 Å². The lowest BCUT2D eigenvalue weighted by molar-refractivity contribution is 0.268. The molecule has 0 saturated carbocycles. The molecule has 0 spiro atoms. The van der Waals surface area contributed by atoms with E-state index in [1.807, 2.05) is 41.7 Å². The fraction of sp³-hybridized carbons (Fsp3) is 0.455. The van der Waals surface area contributed by atoms with Gasteiger partial charge in [0.2, 0.25) is 0 Å². The van der Waals surface area contributed by atoms with Crippen LogP contribution in [0.25, 0.3) is 0 Å². The fourth-order valence-electron chi connectivity index (χ4n) is 3.17. The van der Waals surface area contributed by atoms with Crippen molar-refractivity contribution < 1.29 is 9.47 Å². The van der Waals surface area contributed by atoms with Crippen molar-refractivity contribution >= 4 is 23.5 Å². The average molecular weight is 404 g/mol. The number of hydrogen-bond acceptors (Lipinski definition) is 5. The standard InChI is InChI=1S/C22H29NO2S2/c1-3-8-17(15-26-21-11-6-4-9-19(21)24-2)13-23-18-14-25-20-10-5-7-12-22(20)27-16-18/h4-7,9-12,17-18,23H,3,8,13-16H2,1-2H3. The van der Waals surface area contributed by atoms with E-state index in [0.29, 0.717) is 12.0 Å². The van der Waals surface area contributed by atoms with E-state index in [1.165, 1.54) is 22.6 Å². The second-order valence-corrected chi connectivity index (χ2v) is 8.91. The van der Waals surface area contributed by atoms with Gasteiger partial charge in [-0.3, -0.25) is 0 Å². The molecule has 146 valence electrons. The highest BCUT2D eigenvalue weighted by molar-refractivity contribution is 7.99. The Hall–Kier alpha value is -1.30. The minimum Gasteiger partial charge on any atom is -0.496 e. The number of thioether (sulfide) groups is 2. The first-order valence-electron chi connectivity index (χ1n) is 9.64. The number of nitrogens with one attached hydrogen (secondary N) is 1. The summed E-state index contributed by atoms with van der Waals surface area (Å²) in [6.07, 6.45) is 2.44. The van der Waals surface area contributed by atoms with Gasteiger partial charge in [0.15, 0.2) is 0 Å². The average Bonchev–Trinajstić information content (AvgIpc) is 2.93. The predicted molar refractivity (Wildman–Crippen MR) is 117 cm³/mol. The number of benzene rings is 2. The van der Waals surface area contributed by atoms with Gasteiger partial charge in [-0.15, -0.1) is 23.5 Å². The van der Waals surface area contributed by atoms with Gasteiger partial charge in [-0.05, 0) is 43.1 Å². The van der Waals surface area contributed by atoms with Crippen LogP contribution < -0.4 is 14.8 Å². The summed E-state index contributed by atoms with van der Waals surface area (Å²) in [5.74, 6) is 4.78. The molecule has 1 N–H and O–H groups in total. The molecule has 1 aliphatic heterocycles. The zero-order valence-corrected chi connectivity index (χ0v) is 17.8. The van der Waals surface area contributed by atoms with Crippen LogP contribution in [0, 0.1) is 5.92 Å². The van der Waals surface area contributed by atoms with Crippen LogP contribution in [-0.2, 0) is 0 Å². The normalized spacial score (nSPS) is 17.5. The summed E-state index contributed by atoms with van der Waals surface area (Å²) in [7, 11) is 1.74. The summed E-state index contributed by atoms with van der Waals surface area (Å²) >= 11 is 3.79. The van der Waals surface area contributed by atoms with E-state index in [4.69, 9.17) is 9.47 Å². The molecule has 1 heterocycles. The third kappa shape index (κ3) is 6.09. The van der Waals surface area contributed by atoms with Gasteiger partial charge in [0.05, 0.1) is 13.2 Å². The SMILES string of the molecule is CCCC(CNC1COc2ccccc2SC1)CSc1ccccc1OC. The van der Waals surface area contributed by atoms with Crippen LogP contribution in [0.1, 0.15) is 19.8 Å². The quantitative estimate of drug-likeness (QED) is 0.571. The van der Waals surface area contributed by atoms with E-state index in [9.17, 15) is 0 Å². The molecule has 0 fully saturated rings. The van der Waals surface area contributed by atoms with Crippen molar-refractivity contribution in [1.82, 2.24) is 5.32 Å². The Morgan fingerprint density at radius 1 is 1.22 bits per heavy atom. The van der Waals surface area contributed by atoms with Crippen LogP contribution >= 0.6 is 23.5 Å². The molecule has 0 aliphatic carbocycles. The first-order valence-corrected chi connectivity index (χ1v) is 11.6. The van der Waals surface area contributed by atoms with E-state index >= 15 is 0 Å². The zero-order chi connectivity index (χ0) is 18.9. The highest BCUT2D eigenvalue weighted by Crippen LogP contribution is 2.33. The Balaban J connectivity index is 1.49. The van der Waals surface area contributed by atoms with Crippen molar-refractivity contribution in [2.24, 2.45) is 5.92 Å². The summed E-state index contributed by atoms with van der Waals surface area (Å²) in [5.41, 5.74) is 0. The van der Waals surface area contributed by atoms with Crippen molar-refractivity contribution in [2.75, 3.05) is 31.8 Å². The van der Waals surface area contributed by atoms with E-state index in [1.54, 1.807) is 7.11 Å². The van der Waals surface area contributed by atoms with Gasteiger partial charge in [-0.25, -0.2) is 0 Å². The van der Waals surface area contributed by atoms with Gasteiger partial charge in [0.1, 0.15) is 18.1 Å².